The number of hydrogen-bond acceptors (Lipinski definition) is 3. The molecule has 0 saturated carbocycles. The van der Waals surface area contributed by atoms with Crippen LogP contribution in [-0.4, -0.2) is 34.9 Å². The van der Waals surface area contributed by atoms with E-state index in [1.807, 2.05) is 30.5 Å². The van der Waals surface area contributed by atoms with E-state index in [0.717, 1.165) is 49.0 Å². The molecule has 2 N–H and O–H groups in total. The number of aliphatic carboxylic acids is 1. The number of hydrogen-bond donors (Lipinski definition) is 2. The number of carboxylic acids is 1. The molecule has 2 aromatic rings. The number of aromatic nitrogens is 1. The lowest BCUT2D eigenvalue weighted by Gasteiger charge is -2.10. The second kappa shape index (κ2) is 6.28. The van der Waals surface area contributed by atoms with Crippen LogP contribution in [0, 0.1) is 0 Å². The number of nitrogens with one attached hydrogen (secondary N) is 1. The predicted molar refractivity (Wildman–Crippen MR) is 80.3 cm³/mol. The summed E-state index contributed by atoms with van der Waals surface area (Å²) in [5.74, 6) is -0.824. The standard InChI is InChI=1S/C16H20N2O3/c19-16(20)11-18-10-12(14-5-1-2-6-15(14)18)8-17-9-13-4-3-7-21-13/h1-2,5-6,10,13,17H,3-4,7-9,11H2,(H,19,20)/t13-/m0/s1. The van der Waals surface area contributed by atoms with Gasteiger partial charge in [-0.25, -0.2) is 0 Å². The van der Waals surface area contributed by atoms with Gasteiger partial charge in [0.05, 0.1) is 6.10 Å². The number of fused-ring (bicyclic) bond motifs is 1. The minimum absolute atomic E-state index is 0.00769. The van der Waals surface area contributed by atoms with Gasteiger partial charge in [-0.3, -0.25) is 4.79 Å². The second-order valence-electron chi connectivity index (χ2n) is 5.46. The monoisotopic (exact) mass is 288 g/mol. The maximum absolute atomic E-state index is 11.0. The largest absolute Gasteiger partial charge is 0.480 e. The molecule has 1 aromatic heterocycles. The maximum atomic E-state index is 11.0. The van der Waals surface area contributed by atoms with Crippen molar-refractivity contribution in [3.63, 3.8) is 0 Å². The molecule has 1 atom stereocenters. The number of ether oxygens (including phenoxy) is 1. The Morgan fingerprint density at radius 1 is 1.43 bits per heavy atom. The molecule has 1 saturated heterocycles. The van der Waals surface area contributed by atoms with Crippen LogP contribution in [0.5, 0.6) is 0 Å². The van der Waals surface area contributed by atoms with Crippen molar-refractivity contribution in [2.24, 2.45) is 0 Å². The van der Waals surface area contributed by atoms with Crippen molar-refractivity contribution in [2.45, 2.75) is 32.0 Å². The van der Waals surface area contributed by atoms with Crippen LogP contribution in [0.3, 0.4) is 0 Å². The van der Waals surface area contributed by atoms with E-state index in [9.17, 15) is 4.79 Å². The summed E-state index contributed by atoms with van der Waals surface area (Å²) < 4.78 is 7.38. The van der Waals surface area contributed by atoms with Crippen LogP contribution >= 0.6 is 0 Å². The number of carbonyl (C=O) groups is 1. The van der Waals surface area contributed by atoms with Crippen LogP contribution < -0.4 is 5.32 Å². The summed E-state index contributed by atoms with van der Waals surface area (Å²) in [6.45, 7) is 2.43. The first kappa shape index (κ1) is 14.1. The molecule has 0 bridgehead atoms. The number of para-hydroxylation sites is 1. The normalized spacial score (nSPS) is 18.4. The topological polar surface area (TPSA) is 63.5 Å². The van der Waals surface area contributed by atoms with Crippen LogP contribution in [0.4, 0.5) is 0 Å². The molecule has 5 heteroatoms. The fraction of sp³-hybridized carbons (Fsp3) is 0.438. The fourth-order valence-electron chi connectivity index (χ4n) is 2.91. The average molecular weight is 288 g/mol. The van der Waals surface area contributed by atoms with Gasteiger partial charge in [-0.2, -0.15) is 0 Å². The molecule has 1 aliphatic rings. The van der Waals surface area contributed by atoms with Crippen LogP contribution in [0.1, 0.15) is 18.4 Å². The number of benzene rings is 1. The van der Waals surface area contributed by atoms with E-state index >= 15 is 0 Å². The lowest BCUT2D eigenvalue weighted by molar-refractivity contribution is -0.137. The van der Waals surface area contributed by atoms with Crippen LogP contribution in [0.25, 0.3) is 10.9 Å². The zero-order valence-electron chi connectivity index (χ0n) is 11.9. The summed E-state index contributed by atoms with van der Waals surface area (Å²) in [6, 6.07) is 7.92. The Balaban J connectivity index is 1.73. The summed E-state index contributed by atoms with van der Waals surface area (Å²) in [7, 11) is 0. The van der Waals surface area contributed by atoms with Crippen molar-refractivity contribution in [3.05, 3.63) is 36.0 Å². The van der Waals surface area contributed by atoms with E-state index in [1.54, 1.807) is 4.57 Å². The third kappa shape index (κ3) is 3.25. The van der Waals surface area contributed by atoms with Gasteiger partial charge in [0.1, 0.15) is 6.54 Å². The van der Waals surface area contributed by atoms with Crippen molar-refractivity contribution < 1.29 is 14.6 Å². The Bertz CT molecular complexity index is 629. The number of rotatable bonds is 6. The van der Waals surface area contributed by atoms with Gasteiger partial charge >= 0.3 is 5.97 Å². The third-order valence-electron chi connectivity index (χ3n) is 3.89. The Labute approximate surface area is 123 Å². The second-order valence-corrected chi connectivity index (χ2v) is 5.46. The molecule has 0 unspecified atom stereocenters. The molecule has 1 aliphatic heterocycles. The van der Waals surface area contributed by atoms with E-state index in [2.05, 4.69) is 5.32 Å². The summed E-state index contributed by atoms with van der Waals surface area (Å²) in [5.41, 5.74) is 2.10. The highest BCUT2D eigenvalue weighted by Gasteiger charge is 2.15. The van der Waals surface area contributed by atoms with Gasteiger partial charge in [0.2, 0.25) is 0 Å². The van der Waals surface area contributed by atoms with Crippen molar-refractivity contribution in [2.75, 3.05) is 13.2 Å². The predicted octanol–water partition coefficient (Wildman–Crippen LogP) is 1.99. The number of carboxylic acid groups (broad SMARTS) is 1. The molecule has 5 nitrogen and oxygen atoms in total. The highest BCUT2D eigenvalue weighted by molar-refractivity contribution is 5.85. The Morgan fingerprint density at radius 2 is 2.29 bits per heavy atom. The van der Waals surface area contributed by atoms with Crippen molar-refractivity contribution >= 4 is 16.9 Å². The van der Waals surface area contributed by atoms with E-state index in [4.69, 9.17) is 9.84 Å². The first-order valence-electron chi connectivity index (χ1n) is 7.35. The van der Waals surface area contributed by atoms with E-state index < -0.39 is 5.97 Å². The van der Waals surface area contributed by atoms with Crippen LogP contribution in [0.15, 0.2) is 30.5 Å². The Morgan fingerprint density at radius 3 is 3.05 bits per heavy atom. The minimum Gasteiger partial charge on any atom is -0.480 e. The average Bonchev–Trinajstić information content (AvgIpc) is 3.08. The minimum atomic E-state index is -0.824. The molecule has 1 fully saturated rings. The Kier molecular flexibility index (Phi) is 4.22. The summed E-state index contributed by atoms with van der Waals surface area (Å²) in [6.07, 6.45) is 4.51. The smallest absolute Gasteiger partial charge is 0.323 e. The molecule has 112 valence electrons. The zero-order valence-corrected chi connectivity index (χ0v) is 11.9. The molecule has 0 spiro atoms. The molecule has 0 aliphatic carbocycles. The molecular weight excluding hydrogens is 268 g/mol. The third-order valence-corrected chi connectivity index (χ3v) is 3.89. The molecular formula is C16H20N2O3. The van der Waals surface area contributed by atoms with E-state index in [1.165, 1.54) is 0 Å². The quantitative estimate of drug-likeness (QED) is 0.853. The van der Waals surface area contributed by atoms with E-state index in [0.29, 0.717) is 6.10 Å². The van der Waals surface area contributed by atoms with Gasteiger partial charge in [-0.15, -0.1) is 0 Å². The zero-order chi connectivity index (χ0) is 14.7. The lowest BCUT2D eigenvalue weighted by Crippen LogP contribution is -2.25. The summed E-state index contributed by atoms with van der Waals surface area (Å²) >= 11 is 0. The summed E-state index contributed by atoms with van der Waals surface area (Å²) in [5, 5.41) is 13.5. The van der Waals surface area contributed by atoms with Crippen LogP contribution in [-0.2, 0) is 22.6 Å². The van der Waals surface area contributed by atoms with Gasteiger partial charge in [-0.1, -0.05) is 18.2 Å². The van der Waals surface area contributed by atoms with Crippen molar-refractivity contribution in [1.82, 2.24) is 9.88 Å². The van der Waals surface area contributed by atoms with Gasteiger partial charge in [-0.05, 0) is 24.5 Å². The fourth-order valence-corrected chi connectivity index (χ4v) is 2.91. The van der Waals surface area contributed by atoms with Gasteiger partial charge in [0.15, 0.2) is 0 Å². The SMILES string of the molecule is O=C(O)Cn1cc(CNC[C@@H]2CCCO2)c2ccccc21. The molecule has 21 heavy (non-hydrogen) atoms. The van der Waals surface area contributed by atoms with Crippen molar-refractivity contribution in [3.8, 4) is 0 Å². The summed E-state index contributed by atoms with van der Waals surface area (Å²) in [4.78, 5) is 11.0. The highest BCUT2D eigenvalue weighted by Crippen LogP contribution is 2.21. The Hall–Kier alpha value is -1.85. The molecule has 2 heterocycles. The molecule has 0 amide bonds. The van der Waals surface area contributed by atoms with Gasteiger partial charge in [0.25, 0.3) is 0 Å². The van der Waals surface area contributed by atoms with Crippen molar-refractivity contribution in [1.29, 1.82) is 0 Å². The maximum Gasteiger partial charge on any atom is 0.323 e. The first-order chi connectivity index (χ1) is 10.2. The van der Waals surface area contributed by atoms with E-state index in [-0.39, 0.29) is 6.54 Å². The first-order valence-corrected chi connectivity index (χ1v) is 7.35. The van der Waals surface area contributed by atoms with Crippen LogP contribution in [0.2, 0.25) is 0 Å². The lowest BCUT2D eigenvalue weighted by atomic mass is 10.1. The highest BCUT2D eigenvalue weighted by atomic mass is 16.5. The van der Waals surface area contributed by atoms with Gasteiger partial charge < -0.3 is 19.7 Å². The number of nitrogens with zero attached hydrogens (tertiary/aromatic N) is 1. The van der Waals surface area contributed by atoms with Gasteiger partial charge in [0, 0.05) is 36.8 Å². The molecule has 3 rings (SSSR count). The molecule has 0 radical (unpaired) electrons. The molecule has 1 aromatic carbocycles.